The lowest BCUT2D eigenvalue weighted by molar-refractivity contribution is 0.0488. The molecule has 4 rings (SSSR count). The van der Waals surface area contributed by atoms with Crippen molar-refractivity contribution in [1.82, 2.24) is 19.8 Å². The summed E-state index contributed by atoms with van der Waals surface area (Å²) in [5, 5.41) is 0. The summed E-state index contributed by atoms with van der Waals surface area (Å²) in [4.78, 5) is 25.0. The van der Waals surface area contributed by atoms with Crippen LogP contribution in [-0.4, -0.2) is 57.4 Å². The van der Waals surface area contributed by atoms with Gasteiger partial charge in [0.2, 0.25) is 0 Å². The van der Waals surface area contributed by atoms with Crippen molar-refractivity contribution in [2.45, 2.75) is 31.5 Å². The highest BCUT2D eigenvalue weighted by molar-refractivity contribution is 5.92. The quantitative estimate of drug-likeness (QED) is 0.887. The Morgan fingerprint density at radius 2 is 2.00 bits per heavy atom. The van der Waals surface area contributed by atoms with E-state index in [1.807, 2.05) is 4.90 Å². The molecule has 2 aliphatic heterocycles. The number of carbonyl (C=O) groups excluding carboxylic acids is 1. The third-order valence-corrected chi connectivity index (χ3v) is 5.35. The van der Waals surface area contributed by atoms with E-state index < -0.39 is 0 Å². The molecule has 1 amide bonds. The molecule has 0 aliphatic carbocycles. The number of carbonyl (C=O) groups is 1. The second-order valence-corrected chi connectivity index (χ2v) is 6.85. The van der Waals surface area contributed by atoms with Gasteiger partial charge in [-0.3, -0.25) is 9.69 Å². The molecule has 1 aromatic heterocycles. The van der Waals surface area contributed by atoms with Gasteiger partial charge >= 0.3 is 0 Å². The Labute approximate surface area is 147 Å². The molecule has 2 aromatic rings. The number of nitrogens with two attached hydrogens (primary N) is 1. The fraction of sp³-hybridized carbons (Fsp3) is 0.421. The first kappa shape index (κ1) is 16.2. The van der Waals surface area contributed by atoms with E-state index in [0.29, 0.717) is 18.8 Å². The predicted octanol–water partition coefficient (Wildman–Crippen LogP) is 1.08. The number of piperidine rings is 1. The summed E-state index contributed by atoms with van der Waals surface area (Å²) >= 11 is 0. The molecule has 1 saturated heterocycles. The first-order valence-electron chi connectivity index (χ1n) is 8.84. The molecular formula is C19H23N5O. The smallest absolute Gasteiger partial charge is 0.272 e. The zero-order valence-corrected chi connectivity index (χ0v) is 14.2. The minimum atomic E-state index is -0.0308. The third kappa shape index (κ3) is 3.27. The number of amides is 1. The van der Waals surface area contributed by atoms with Crippen LogP contribution >= 0.6 is 0 Å². The second-order valence-electron chi connectivity index (χ2n) is 6.85. The van der Waals surface area contributed by atoms with Crippen molar-refractivity contribution in [3.05, 3.63) is 59.7 Å². The largest absolute Gasteiger partial charge is 0.336 e. The molecule has 2 atom stereocenters. The van der Waals surface area contributed by atoms with E-state index >= 15 is 0 Å². The van der Waals surface area contributed by atoms with Gasteiger partial charge in [0.1, 0.15) is 12.0 Å². The van der Waals surface area contributed by atoms with Crippen LogP contribution in [0.2, 0.25) is 0 Å². The zero-order chi connectivity index (χ0) is 17.2. The van der Waals surface area contributed by atoms with Gasteiger partial charge in [0, 0.05) is 44.5 Å². The lowest BCUT2D eigenvalue weighted by Crippen LogP contribution is -2.60. The van der Waals surface area contributed by atoms with Crippen LogP contribution in [-0.2, 0) is 13.0 Å². The zero-order valence-electron chi connectivity index (χ0n) is 14.2. The molecule has 25 heavy (non-hydrogen) atoms. The molecule has 3 heterocycles. The van der Waals surface area contributed by atoms with Crippen LogP contribution in [0, 0.1) is 0 Å². The van der Waals surface area contributed by atoms with Crippen molar-refractivity contribution in [2.75, 3.05) is 19.6 Å². The van der Waals surface area contributed by atoms with Crippen LogP contribution in [0.3, 0.4) is 0 Å². The van der Waals surface area contributed by atoms with Gasteiger partial charge in [-0.05, 0) is 30.0 Å². The standard InChI is InChI=1S/C19H23N5O/c20-16-7-10-24(19(25)17-5-8-21-13-22-17)12-18(16)23-9-6-14-3-1-2-4-15(14)11-23/h1-5,8,13,16,18H,6-7,9-12,20H2. The van der Waals surface area contributed by atoms with E-state index in [0.717, 1.165) is 25.9 Å². The molecule has 1 aromatic carbocycles. The van der Waals surface area contributed by atoms with Crippen LogP contribution in [0.4, 0.5) is 0 Å². The van der Waals surface area contributed by atoms with Crippen molar-refractivity contribution in [3.8, 4) is 0 Å². The molecule has 6 nitrogen and oxygen atoms in total. The third-order valence-electron chi connectivity index (χ3n) is 5.35. The molecule has 6 heteroatoms. The highest BCUT2D eigenvalue weighted by Gasteiger charge is 2.35. The van der Waals surface area contributed by atoms with E-state index in [9.17, 15) is 4.79 Å². The van der Waals surface area contributed by atoms with Gasteiger partial charge in [0.25, 0.3) is 5.91 Å². The van der Waals surface area contributed by atoms with Gasteiger partial charge in [0.05, 0.1) is 0 Å². The fourth-order valence-electron chi connectivity index (χ4n) is 3.90. The summed E-state index contributed by atoms with van der Waals surface area (Å²) in [6.07, 6.45) is 4.88. The first-order valence-corrected chi connectivity index (χ1v) is 8.84. The Balaban J connectivity index is 1.49. The van der Waals surface area contributed by atoms with Crippen molar-refractivity contribution in [3.63, 3.8) is 0 Å². The normalized spacial score (nSPS) is 24.0. The van der Waals surface area contributed by atoms with Crippen molar-refractivity contribution in [1.29, 1.82) is 0 Å². The van der Waals surface area contributed by atoms with Crippen molar-refractivity contribution in [2.24, 2.45) is 5.73 Å². The molecule has 2 aliphatic rings. The molecule has 0 radical (unpaired) electrons. The number of aromatic nitrogens is 2. The SMILES string of the molecule is NC1CCN(C(=O)c2ccncn2)CC1N1CCc2ccccc2C1. The van der Waals surface area contributed by atoms with Gasteiger partial charge in [-0.2, -0.15) is 0 Å². The highest BCUT2D eigenvalue weighted by Crippen LogP contribution is 2.24. The Morgan fingerprint density at radius 1 is 1.16 bits per heavy atom. The van der Waals surface area contributed by atoms with Crippen molar-refractivity contribution < 1.29 is 4.79 Å². The van der Waals surface area contributed by atoms with Gasteiger partial charge in [-0.15, -0.1) is 0 Å². The minimum Gasteiger partial charge on any atom is -0.336 e. The Morgan fingerprint density at radius 3 is 2.80 bits per heavy atom. The molecule has 2 N–H and O–H groups in total. The molecule has 0 bridgehead atoms. The lowest BCUT2D eigenvalue weighted by Gasteiger charge is -2.44. The molecule has 0 spiro atoms. The number of nitrogens with zero attached hydrogens (tertiary/aromatic N) is 4. The average molecular weight is 337 g/mol. The number of benzene rings is 1. The number of hydrogen-bond acceptors (Lipinski definition) is 5. The first-order chi connectivity index (χ1) is 12.2. The van der Waals surface area contributed by atoms with Crippen LogP contribution < -0.4 is 5.73 Å². The number of rotatable bonds is 2. The Hall–Kier alpha value is -2.31. The number of fused-ring (bicyclic) bond motifs is 1. The maximum Gasteiger partial charge on any atom is 0.272 e. The maximum atomic E-state index is 12.7. The average Bonchev–Trinajstić information content (AvgIpc) is 2.68. The van der Waals surface area contributed by atoms with Crippen LogP contribution in [0.15, 0.2) is 42.9 Å². The summed E-state index contributed by atoms with van der Waals surface area (Å²) in [5.74, 6) is -0.0308. The van der Waals surface area contributed by atoms with Crippen LogP contribution in [0.5, 0.6) is 0 Å². The Bertz CT molecular complexity index is 750. The topological polar surface area (TPSA) is 75.3 Å². The van der Waals surface area contributed by atoms with Gasteiger partial charge < -0.3 is 10.6 Å². The minimum absolute atomic E-state index is 0.0308. The summed E-state index contributed by atoms with van der Waals surface area (Å²) in [6.45, 7) is 3.24. The molecule has 0 saturated carbocycles. The fourth-order valence-corrected chi connectivity index (χ4v) is 3.90. The molecule has 1 fully saturated rings. The van der Waals surface area contributed by atoms with E-state index in [2.05, 4.69) is 39.1 Å². The molecule has 130 valence electrons. The van der Waals surface area contributed by atoms with E-state index in [4.69, 9.17) is 5.73 Å². The second kappa shape index (κ2) is 6.90. The lowest BCUT2D eigenvalue weighted by atomic mass is 9.93. The predicted molar refractivity (Wildman–Crippen MR) is 94.9 cm³/mol. The molecular weight excluding hydrogens is 314 g/mol. The van der Waals surface area contributed by atoms with Gasteiger partial charge in [0.15, 0.2) is 0 Å². The summed E-state index contributed by atoms with van der Waals surface area (Å²) in [5.41, 5.74) is 9.68. The highest BCUT2D eigenvalue weighted by atomic mass is 16.2. The monoisotopic (exact) mass is 337 g/mol. The van der Waals surface area contributed by atoms with E-state index in [1.165, 1.54) is 17.5 Å². The van der Waals surface area contributed by atoms with E-state index in [-0.39, 0.29) is 18.0 Å². The van der Waals surface area contributed by atoms with E-state index in [1.54, 1.807) is 12.3 Å². The number of likely N-dealkylation sites (tertiary alicyclic amines) is 1. The summed E-state index contributed by atoms with van der Waals surface area (Å²) in [6, 6.07) is 10.5. The summed E-state index contributed by atoms with van der Waals surface area (Å²) in [7, 11) is 0. The van der Waals surface area contributed by atoms with Crippen LogP contribution in [0.1, 0.15) is 28.0 Å². The summed E-state index contributed by atoms with van der Waals surface area (Å²) < 4.78 is 0. The Kier molecular flexibility index (Phi) is 4.46. The molecule has 2 unspecified atom stereocenters. The van der Waals surface area contributed by atoms with Gasteiger partial charge in [-0.25, -0.2) is 9.97 Å². The van der Waals surface area contributed by atoms with Crippen molar-refractivity contribution >= 4 is 5.91 Å². The maximum absolute atomic E-state index is 12.7. The number of hydrogen-bond donors (Lipinski definition) is 1. The van der Waals surface area contributed by atoms with Gasteiger partial charge in [-0.1, -0.05) is 24.3 Å². The van der Waals surface area contributed by atoms with Crippen LogP contribution in [0.25, 0.3) is 0 Å².